The quantitative estimate of drug-likeness (QED) is 0.860. The van der Waals surface area contributed by atoms with E-state index in [2.05, 4.69) is 62.2 Å². The highest BCUT2D eigenvalue weighted by Gasteiger charge is 2.25. The average molecular weight is 246 g/mol. The maximum absolute atomic E-state index is 3.63. The highest BCUT2D eigenvalue weighted by atomic mass is 15.2. The summed E-state index contributed by atoms with van der Waals surface area (Å²) in [4.78, 5) is 2.55. The lowest BCUT2D eigenvalue weighted by molar-refractivity contribution is 0.416. The maximum atomic E-state index is 3.63. The normalized spacial score (nSPS) is 19.9. The molecule has 2 rings (SSSR count). The van der Waals surface area contributed by atoms with Crippen molar-refractivity contribution in [3.05, 3.63) is 29.8 Å². The topological polar surface area (TPSA) is 15.3 Å². The van der Waals surface area contributed by atoms with Crippen LogP contribution >= 0.6 is 0 Å². The Labute approximate surface area is 111 Å². The summed E-state index contributed by atoms with van der Waals surface area (Å²) in [5, 5.41) is 3.63. The number of hydrogen-bond donors (Lipinski definition) is 1. The molecule has 0 aromatic heterocycles. The van der Waals surface area contributed by atoms with Gasteiger partial charge in [-0.05, 0) is 44.4 Å². The lowest BCUT2D eigenvalue weighted by Gasteiger charge is -2.33. The van der Waals surface area contributed by atoms with Crippen LogP contribution in [0.4, 0.5) is 5.69 Å². The van der Waals surface area contributed by atoms with E-state index in [0.717, 1.165) is 19.6 Å². The summed E-state index contributed by atoms with van der Waals surface area (Å²) < 4.78 is 0. The number of para-hydroxylation sites is 1. The van der Waals surface area contributed by atoms with Gasteiger partial charge in [-0.2, -0.15) is 0 Å². The van der Waals surface area contributed by atoms with Crippen LogP contribution in [0.25, 0.3) is 0 Å². The molecule has 0 saturated carbocycles. The predicted molar refractivity (Wildman–Crippen MR) is 79.4 cm³/mol. The number of anilines is 1. The Morgan fingerprint density at radius 1 is 1.22 bits per heavy atom. The summed E-state index contributed by atoms with van der Waals surface area (Å²) in [6.07, 6.45) is 1.22. The van der Waals surface area contributed by atoms with E-state index in [9.17, 15) is 0 Å². The van der Waals surface area contributed by atoms with E-state index in [1.807, 2.05) is 0 Å². The van der Waals surface area contributed by atoms with Crippen molar-refractivity contribution in [1.82, 2.24) is 5.32 Å². The minimum Gasteiger partial charge on any atom is -0.369 e. The van der Waals surface area contributed by atoms with Crippen LogP contribution in [0.1, 0.15) is 45.6 Å². The molecule has 1 aliphatic rings. The summed E-state index contributed by atoms with van der Waals surface area (Å²) in [6, 6.07) is 8.86. The molecule has 100 valence electrons. The van der Waals surface area contributed by atoms with E-state index < -0.39 is 0 Å². The second-order valence-corrected chi connectivity index (χ2v) is 6.30. The first-order chi connectivity index (χ1) is 8.49. The van der Waals surface area contributed by atoms with Gasteiger partial charge in [-0.15, -0.1) is 0 Å². The van der Waals surface area contributed by atoms with E-state index in [-0.39, 0.29) is 5.54 Å². The summed E-state index contributed by atoms with van der Waals surface area (Å²) in [7, 11) is 0. The smallest absolute Gasteiger partial charge is 0.0402 e. The highest BCUT2D eigenvalue weighted by Crippen LogP contribution is 2.29. The van der Waals surface area contributed by atoms with Gasteiger partial charge in [-0.1, -0.05) is 32.0 Å². The number of rotatable bonds is 2. The van der Waals surface area contributed by atoms with Crippen LogP contribution in [0.3, 0.4) is 0 Å². The van der Waals surface area contributed by atoms with Crippen molar-refractivity contribution in [3.63, 3.8) is 0 Å². The molecule has 1 aliphatic heterocycles. The zero-order valence-corrected chi connectivity index (χ0v) is 12.2. The second-order valence-electron chi connectivity index (χ2n) is 6.30. The van der Waals surface area contributed by atoms with Crippen molar-refractivity contribution in [1.29, 1.82) is 0 Å². The van der Waals surface area contributed by atoms with Crippen LogP contribution in [-0.2, 0) is 0 Å². The lowest BCUT2D eigenvalue weighted by atomic mass is 9.99. The molecule has 0 amide bonds. The molecule has 0 aliphatic carbocycles. The number of nitrogens with zero attached hydrogens (tertiary/aromatic N) is 1. The number of hydrogen-bond acceptors (Lipinski definition) is 2. The van der Waals surface area contributed by atoms with Crippen LogP contribution in [0.5, 0.6) is 0 Å². The van der Waals surface area contributed by atoms with Gasteiger partial charge in [0, 0.05) is 24.3 Å². The molecule has 1 aromatic carbocycles. The molecule has 1 aromatic rings. The molecule has 1 fully saturated rings. The van der Waals surface area contributed by atoms with Crippen molar-refractivity contribution in [2.75, 3.05) is 24.5 Å². The SMILES string of the molecule is CC(C)c1ccccc1N1CCCNC(C)(C)C1. The largest absolute Gasteiger partial charge is 0.369 e. The van der Waals surface area contributed by atoms with Crippen LogP contribution < -0.4 is 10.2 Å². The van der Waals surface area contributed by atoms with Crippen LogP contribution in [-0.4, -0.2) is 25.2 Å². The highest BCUT2D eigenvalue weighted by molar-refractivity contribution is 5.55. The van der Waals surface area contributed by atoms with Gasteiger partial charge in [0.25, 0.3) is 0 Å². The van der Waals surface area contributed by atoms with Crippen LogP contribution in [0.2, 0.25) is 0 Å². The summed E-state index contributed by atoms with van der Waals surface area (Å²) in [5.41, 5.74) is 3.08. The van der Waals surface area contributed by atoms with Gasteiger partial charge in [-0.25, -0.2) is 0 Å². The van der Waals surface area contributed by atoms with Crippen molar-refractivity contribution < 1.29 is 0 Å². The predicted octanol–water partition coefficient (Wildman–Crippen LogP) is 3.39. The van der Waals surface area contributed by atoms with Crippen molar-refractivity contribution in [2.24, 2.45) is 0 Å². The van der Waals surface area contributed by atoms with E-state index in [4.69, 9.17) is 0 Å². The molecule has 1 saturated heterocycles. The zero-order valence-electron chi connectivity index (χ0n) is 12.2. The Balaban J connectivity index is 2.29. The third-order valence-electron chi connectivity index (χ3n) is 3.69. The average Bonchev–Trinajstić information content (AvgIpc) is 2.50. The molecule has 0 unspecified atom stereocenters. The summed E-state index contributed by atoms with van der Waals surface area (Å²) in [6.45, 7) is 12.5. The molecular weight excluding hydrogens is 220 g/mol. The lowest BCUT2D eigenvalue weighted by Crippen LogP contribution is -2.46. The fourth-order valence-electron chi connectivity index (χ4n) is 2.78. The fourth-order valence-corrected chi connectivity index (χ4v) is 2.78. The Morgan fingerprint density at radius 2 is 1.94 bits per heavy atom. The molecule has 1 N–H and O–H groups in total. The van der Waals surface area contributed by atoms with Crippen molar-refractivity contribution >= 4 is 5.69 Å². The third kappa shape index (κ3) is 3.05. The monoisotopic (exact) mass is 246 g/mol. The molecule has 18 heavy (non-hydrogen) atoms. The van der Waals surface area contributed by atoms with Crippen molar-refractivity contribution in [2.45, 2.75) is 45.6 Å². The minimum absolute atomic E-state index is 0.195. The van der Waals surface area contributed by atoms with Gasteiger partial charge in [0.15, 0.2) is 0 Å². The first-order valence-electron chi connectivity index (χ1n) is 7.08. The molecule has 0 bridgehead atoms. The molecule has 0 atom stereocenters. The standard InChI is InChI=1S/C16H26N2/c1-13(2)14-8-5-6-9-15(14)18-11-7-10-17-16(3,4)12-18/h5-6,8-9,13,17H,7,10-12H2,1-4H3. The zero-order chi connectivity index (χ0) is 13.2. The second kappa shape index (κ2) is 5.31. The minimum atomic E-state index is 0.195. The van der Waals surface area contributed by atoms with E-state index >= 15 is 0 Å². The summed E-state index contributed by atoms with van der Waals surface area (Å²) in [5.74, 6) is 0.584. The maximum Gasteiger partial charge on any atom is 0.0402 e. The first kappa shape index (κ1) is 13.4. The van der Waals surface area contributed by atoms with Crippen molar-refractivity contribution in [3.8, 4) is 0 Å². The van der Waals surface area contributed by atoms with E-state index in [0.29, 0.717) is 5.92 Å². The van der Waals surface area contributed by atoms with Gasteiger partial charge in [0.05, 0.1) is 0 Å². The van der Waals surface area contributed by atoms with Gasteiger partial charge < -0.3 is 10.2 Å². The fraction of sp³-hybridized carbons (Fsp3) is 0.625. The number of nitrogens with one attached hydrogen (secondary N) is 1. The summed E-state index contributed by atoms with van der Waals surface area (Å²) >= 11 is 0. The Hall–Kier alpha value is -1.02. The molecule has 2 nitrogen and oxygen atoms in total. The van der Waals surface area contributed by atoms with Crippen LogP contribution in [0.15, 0.2) is 24.3 Å². The molecule has 0 spiro atoms. The molecule has 1 heterocycles. The van der Waals surface area contributed by atoms with E-state index in [1.54, 1.807) is 0 Å². The third-order valence-corrected chi connectivity index (χ3v) is 3.69. The Kier molecular flexibility index (Phi) is 3.96. The van der Waals surface area contributed by atoms with E-state index in [1.165, 1.54) is 17.7 Å². The number of benzene rings is 1. The van der Waals surface area contributed by atoms with Gasteiger partial charge in [0.2, 0.25) is 0 Å². The first-order valence-corrected chi connectivity index (χ1v) is 7.08. The Bertz CT molecular complexity index is 396. The molecule has 0 radical (unpaired) electrons. The molecular formula is C16H26N2. The van der Waals surface area contributed by atoms with Crippen LogP contribution in [0, 0.1) is 0 Å². The van der Waals surface area contributed by atoms with Gasteiger partial charge in [-0.3, -0.25) is 0 Å². The Morgan fingerprint density at radius 3 is 2.67 bits per heavy atom. The van der Waals surface area contributed by atoms with Gasteiger partial charge in [0.1, 0.15) is 0 Å². The van der Waals surface area contributed by atoms with Gasteiger partial charge >= 0.3 is 0 Å². The molecule has 2 heteroatoms.